The van der Waals surface area contributed by atoms with E-state index >= 15 is 0 Å². The van der Waals surface area contributed by atoms with Crippen LogP contribution >= 0.6 is 23.4 Å². The molecule has 0 bridgehead atoms. The van der Waals surface area contributed by atoms with Crippen LogP contribution in [0.5, 0.6) is 0 Å². The summed E-state index contributed by atoms with van der Waals surface area (Å²) in [5, 5.41) is 13.0. The van der Waals surface area contributed by atoms with Crippen molar-refractivity contribution in [3.05, 3.63) is 52.7 Å². The second kappa shape index (κ2) is 8.39. The zero-order valence-electron chi connectivity index (χ0n) is 15.7. The third-order valence-corrected chi connectivity index (χ3v) is 5.63. The Bertz CT molecular complexity index is 1160. The van der Waals surface area contributed by atoms with Crippen LogP contribution in [0, 0.1) is 0 Å². The third-order valence-electron chi connectivity index (χ3n) is 4.41. The van der Waals surface area contributed by atoms with Crippen molar-refractivity contribution in [2.24, 2.45) is 0 Å². The summed E-state index contributed by atoms with van der Waals surface area (Å²) in [7, 11) is 0. The minimum atomic E-state index is -4.59. The predicted octanol–water partition coefficient (Wildman–Crippen LogP) is 4.02. The highest BCUT2D eigenvalue weighted by atomic mass is 35.5. The van der Waals surface area contributed by atoms with Crippen molar-refractivity contribution in [2.45, 2.75) is 30.2 Å². The normalized spacial score (nSPS) is 13.9. The lowest BCUT2D eigenvalue weighted by atomic mass is 10.2. The molecule has 1 fully saturated rings. The average molecular weight is 470 g/mol. The standard InChI is InChI=1S/C19H15ClF3N5O2S/c20-14-7-11(19(21,22)23)8-28-16(14)26-27-18(28)31-9-15(29)24-13-3-1-2-10(6-13)17(30)25-12-4-5-12/h1-3,6-8,12H,4-5,9H2,(H,24,29)(H,25,30). The van der Waals surface area contributed by atoms with E-state index in [0.717, 1.165) is 41.3 Å². The molecule has 0 spiro atoms. The van der Waals surface area contributed by atoms with Crippen LogP contribution in [0.25, 0.3) is 5.65 Å². The number of thioether (sulfide) groups is 1. The van der Waals surface area contributed by atoms with Gasteiger partial charge in [-0.05, 0) is 37.1 Å². The monoisotopic (exact) mass is 469 g/mol. The number of fused-ring (bicyclic) bond motifs is 1. The number of aromatic nitrogens is 3. The highest BCUT2D eigenvalue weighted by Gasteiger charge is 2.32. The molecule has 1 saturated carbocycles. The van der Waals surface area contributed by atoms with Crippen LogP contribution in [-0.4, -0.2) is 38.2 Å². The average Bonchev–Trinajstić information content (AvgIpc) is 3.42. The van der Waals surface area contributed by atoms with Crippen LogP contribution in [-0.2, 0) is 11.0 Å². The molecular formula is C19H15ClF3N5O2S. The van der Waals surface area contributed by atoms with Gasteiger partial charge in [0.1, 0.15) is 0 Å². The van der Waals surface area contributed by atoms with Crippen molar-refractivity contribution in [1.29, 1.82) is 0 Å². The zero-order valence-corrected chi connectivity index (χ0v) is 17.3. The number of hydrogen-bond acceptors (Lipinski definition) is 5. The summed E-state index contributed by atoms with van der Waals surface area (Å²) in [6, 6.07) is 7.48. The van der Waals surface area contributed by atoms with E-state index in [2.05, 4.69) is 20.8 Å². The molecule has 1 aliphatic carbocycles. The summed E-state index contributed by atoms with van der Waals surface area (Å²) < 4.78 is 40.2. The minimum absolute atomic E-state index is 0.0620. The summed E-state index contributed by atoms with van der Waals surface area (Å²) >= 11 is 6.79. The van der Waals surface area contributed by atoms with Gasteiger partial charge in [0, 0.05) is 23.5 Å². The van der Waals surface area contributed by atoms with Gasteiger partial charge >= 0.3 is 6.18 Å². The number of anilines is 1. The number of halogens is 4. The number of nitrogens with one attached hydrogen (secondary N) is 2. The summed E-state index contributed by atoms with van der Waals surface area (Å²) in [6.07, 6.45) is -1.82. The molecule has 0 aliphatic heterocycles. The van der Waals surface area contributed by atoms with Crippen molar-refractivity contribution in [3.8, 4) is 0 Å². The molecule has 2 aromatic heterocycles. The zero-order chi connectivity index (χ0) is 22.2. The van der Waals surface area contributed by atoms with Crippen LogP contribution in [0.15, 0.2) is 41.7 Å². The van der Waals surface area contributed by atoms with E-state index in [0.29, 0.717) is 11.3 Å². The van der Waals surface area contributed by atoms with Crippen molar-refractivity contribution in [2.75, 3.05) is 11.1 Å². The number of nitrogens with zero attached hydrogens (tertiary/aromatic N) is 3. The number of hydrogen-bond donors (Lipinski definition) is 2. The van der Waals surface area contributed by atoms with E-state index in [1.54, 1.807) is 24.3 Å². The van der Waals surface area contributed by atoms with E-state index in [1.165, 1.54) is 0 Å². The molecule has 3 aromatic rings. The van der Waals surface area contributed by atoms with E-state index in [-0.39, 0.29) is 33.5 Å². The Balaban J connectivity index is 1.43. The summed E-state index contributed by atoms with van der Waals surface area (Å²) in [4.78, 5) is 24.4. The molecule has 0 radical (unpaired) electrons. The van der Waals surface area contributed by atoms with Crippen LogP contribution in [0.3, 0.4) is 0 Å². The number of carbonyl (C=O) groups excluding carboxylic acids is 2. The van der Waals surface area contributed by atoms with Crippen molar-refractivity contribution < 1.29 is 22.8 Å². The topological polar surface area (TPSA) is 88.4 Å². The molecule has 31 heavy (non-hydrogen) atoms. The Labute approximate surface area is 183 Å². The molecule has 4 rings (SSSR count). The first kappa shape index (κ1) is 21.4. The number of benzene rings is 1. The van der Waals surface area contributed by atoms with Gasteiger partial charge in [0.2, 0.25) is 5.91 Å². The van der Waals surface area contributed by atoms with Crippen LogP contribution in [0.1, 0.15) is 28.8 Å². The molecule has 7 nitrogen and oxygen atoms in total. The molecule has 1 aliphatic rings. The maximum atomic E-state index is 13.0. The number of carbonyl (C=O) groups is 2. The minimum Gasteiger partial charge on any atom is -0.349 e. The van der Waals surface area contributed by atoms with Gasteiger partial charge in [-0.1, -0.05) is 29.4 Å². The van der Waals surface area contributed by atoms with Gasteiger partial charge in [0.05, 0.1) is 16.3 Å². The first-order valence-corrected chi connectivity index (χ1v) is 10.5. The van der Waals surface area contributed by atoms with Crippen molar-refractivity contribution in [1.82, 2.24) is 19.9 Å². The smallest absolute Gasteiger partial charge is 0.349 e. The Morgan fingerprint density at radius 2 is 2.00 bits per heavy atom. The van der Waals surface area contributed by atoms with Crippen LogP contribution in [0.4, 0.5) is 18.9 Å². The van der Waals surface area contributed by atoms with Crippen LogP contribution < -0.4 is 10.6 Å². The first-order chi connectivity index (χ1) is 14.7. The van der Waals surface area contributed by atoms with Crippen LogP contribution in [0.2, 0.25) is 5.02 Å². The SMILES string of the molecule is O=C(CSc1nnc2c(Cl)cc(C(F)(F)F)cn12)Nc1cccc(C(=O)NC2CC2)c1. The van der Waals surface area contributed by atoms with Gasteiger partial charge in [-0.25, -0.2) is 0 Å². The fraction of sp³-hybridized carbons (Fsp3) is 0.263. The predicted molar refractivity (Wildman–Crippen MR) is 109 cm³/mol. The lowest BCUT2D eigenvalue weighted by Gasteiger charge is -2.09. The fourth-order valence-electron chi connectivity index (χ4n) is 2.75. The molecule has 1 aromatic carbocycles. The van der Waals surface area contributed by atoms with E-state index in [1.807, 2.05) is 0 Å². The molecule has 0 saturated heterocycles. The summed E-state index contributed by atoms with van der Waals surface area (Å²) in [5.74, 6) is -0.757. The molecule has 2 heterocycles. The van der Waals surface area contributed by atoms with E-state index in [9.17, 15) is 22.8 Å². The molecular weight excluding hydrogens is 455 g/mol. The van der Waals surface area contributed by atoms with Crippen molar-refractivity contribution in [3.63, 3.8) is 0 Å². The van der Waals surface area contributed by atoms with Gasteiger partial charge < -0.3 is 10.6 Å². The molecule has 0 unspecified atom stereocenters. The molecule has 162 valence electrons. The molecule has 2 amide bonds. The quantitative estimate of drug-likeness (QED) is 0.532. The second-order valence-corrected chi connectivity index (χ2v) is 8.27. The number of pyridine rings is 1. The molecule has 2 N–H and O–H groups in total. The van der Waals surface area contributed by atoms with Gasteiger partial charge in [-0.3, -0.25) is 14.0 Å². The lowest BCUT2D eigenvalue weighted by molar-refractivity contribution is -0.137. The highest BCUT2D eigenvalue weighted by molar-refractivity contribution is 7.99. The first-order valence-electron chi connectivity index (χ1n) is 9.16. The Kier molecular flexibility index (Phi) is 5.80. The fourth-order valence-corrected chi connectivity index (χ4v) is 3.70. The van der Waals surface area contributed by atoms with Gasteiger partial charge in [-0.2, -0.15) is 13.2 Å². The van der Waals surface area contributed by atoms with Crippen molar-refractivity contribution >= 4 is 46.5 Å². The number of alkyl halides is 3. The van der Waals surface area contributed by atoms with Gasteiger partial charge in [0.15, 0.2) is 10.8 Å². The lowest BCUT2D eigenvalue weighted by Crippen LogP contribution is -2.25. The maximum absolute atomic E-state index is 13.0. The summed E-state index contributed by atoms with van der Waals surface area (Å²) in [6.45, 7) is 0. The molecule has 12 heteroatoms. The largest absolute Gasteiger partial charge is 0.417 e. The Morgan fingerprint density at radius 3 is 2.71 bits per heavy atom. The maximum Gasteiger partial charge on any atom is 0.417 e. The summed E-state index contributed by atoms with van der Waals surface area (Å²) in [5.41, 5.74) is -0.0259. The highest BCUT2D eigenvalue weighted by Crippen LogP contribution is 2.33. The van der Waals surface area contributed by atoms with Gasteiger partial charge in [0.25, 0.3) is 5.91 Å². The van der Waals surface area contributed by atoms with E-state index in [4.69, 9.17) is 11.6 Å². The Hall–Kier alpha value is -2.79. The number of rotatable bonds is 6. The van der Waals surface area contributed by atoms with Gasteiger partial charge in [-0.15, -0.1) is 10.2 Å². The number of amides is 2. The third kappa shape index (κ3) is 5.10. The molecule has 0 atom stereocenters. The second-order valence-electron chi connectivity index (χ2n) is 6.92. The Morgan fingerprint density at radius 1 is 1.23 bits per heavy atom. The van der Waals surface area contributed by atoms with E-state index < -0.39 is 17.6 Å².